The topological polar surface area (TPSA) is 139 Å². The zero-order valence-electron chi connectivity index (χ0n) is 4.60. The second-order valence-corrected chi connectivity index (χ2v) is 2.02. The summed E-state index contributed by atoms with van der Waals surface area (Å²) in [4.78, 5) is 0. The van der Waals surface area contributed by atoms with Gasteiger partial charge in [-0.2, -0.15) is 8.42 Å². The molecule has 6 N–H and O–H groups in total. The molecule has 0 amide bonds. The van der Waals surface area contributed by atoms with Crippen LogP contribution in [0.4, 0.5) is 0 Å². The Morgan fingerprint density at radius 2 is 1.50 bits per heavy atom. The monoisotopic (exact) mass is 191 g/mol. The van der Waals surface area contributed by atoms with E-state index in [-0.39, 0.29) is 5.96 Å². The Labute approximate surface area is 62.4 Å². The number of guanidine groups is 1. The van der Waals surface area contributed by atoms with Crippen molar-refractivity contribution in [2.24, 2.45) is 16.0 Å². The Morgan fingerprint density at radius 3 is 1.50 bits per heavy atom. The predicted octanol–water partition coefficient (Wildman–Crippen LogP) is -1.24. The summed E-state index contributed by atoms with van der Waals surface area (Å²) in [5.41, 5.74) is 9.38. The van der Waals surface area contributed by atoms with Gasteiger partial charge in [-0.3, -0.25) is 9.11 Å². The summed E-state index contributed by atoms with van der Waals surface area (Å²) in [6, 6.07) is 0. The molecule has 0 saturated heterocycles. The summed E-state index contributed by atoms with van der Waals surface area (Å²) in [6.45, 7) is 0. The van der Waals surface area contributed by atoms with E-state index in [1.165, 1.54) is 0 Å². The molecule has 0 spiro atoms. The molecule has 0 aliphatic rings. The number of rotatable bonds is 0. The van der Waals surface area contributed by atoms with E-state index in [4.69, 9.17) is 17.5 Å². The molecule has 0 aliphatic carbocycles. The molecule has 62 valence electrons. The highest BCUT2D eigenvalue weighted by atomic mass is 35.5. The maximum absolute atomic E-state index is 8.74. The third kappa shape index (κ3) is 150. The Morgan fingerprint density at radius 1 is 1.40 bits per heavy atom. The maximum atomic E-state index is 8.74. The molecule has 0 atom stereocenters. The molecule has 0 saturated carbocycles. The lowest BCUT2D eigenvalue weighted by molar-refractivity contribution is 0.381. The van der Waals surface area contributed by atoms with E-state index in [1.54, 1.807) is 0 Å². The molecular weight excluding hydrogens is 186 g/mol. The predicted molar refractivity (Wildman–Crippen MR) is 35.8 cm³/mol. The van der Waals surface area contributed by atoms with E-state index in [0.29, 0.717) is 0 Å². The zero-order valence-corrected chi connectivity index (χ0v) is 6.17. The standard InChI is InChI=1S/CH4ClN3.H2O4S/c2-5-1(3)4;1-5(2,3)4/h(H4,3,4,5);(H2,1,2,3,4). The summed E-state index contributed by atoms with van der Waals surface area (Å²) in [6.07, 6.45) is 0. The van der Waals surface area contributed by atoms with Crippen molar-refractivity contribution in [1.82, 2.24) is 0 Å². The van der Waals surface area contributed by atoms with Gasteiger partial charge in [-0.25, -0.2) is 0 Å². The first-order valence-corrected chi connectivity index (χ1v) is 3.40. The molecule has 0 aromatic heterocycles. The van der Waals surface area contributed by atoms with Crippen LogP contribution in [0.15, 0.2) is 4.51 Å². The SMILES string of the molecule is NC(N)=NCl.O=S(=O)(O)O. The van der Waals surface area contributed by atoms with E-state index in [1.807, 2.05) is 0 Å². The van der Waals surface area contributed by atoms with Crippen molar-refractivity contribution in [3.8, 4) is 0 Å². The van der Waals surface area contributed by atoms with Crippen molar-refractivity contribution < 1.29 is 17.5 Å². The van der Waals surface area contributed by atoms with Gasteiger partial charge in [0.05, 0.1) is 0 Å². The number of nitrogens with two attached hydrogens (primary N) is 2. The zero-order chi connectivity index (χ0) is 8.78. The normalized spacial score (nSPS) is 9.10. The van der Waals surface area contributed by atoms with Crippen LogP contribution in [0.5, 0.6) is 0 Å². The molecule has 0 radical (unpaired) electrons. The molecule has 0 bridgehead atoms. The van der Waals surface area contributed by atoms with Gasteiger partial charge in [-0.15, -0.1) is 4.51 Å². The first-order chi connectivity index (χ1) is 4.27. The second kappa shape index (κ2) is 5.23. The van der Waals surface area contributed by atoms with Crippen molar-refractivity contribution in [3.63, 3.8) is 0 Å². The molecule has 7 nitrogen and oxygen atoms in total. The smallest absolute Gasteiger partial charge is 0.369 e. The van der Waals surface area contributed by atoms with E-state index < -0.39 is 10.4 Å². The Balaban J connectivity index is 0. The molecule has 10 heavy (non-hydrogen) atoms. The van der Waals surface area contributed by atoms with Gasteiger partial charge in [-0.05, 0) is 0 Å². The summed E-state index contributed by atoms with van der Waals surface area (Å²) in [7, 11) is -4.67. The van der Waals surface area contributed by atoms with Gasteiger partial charge in [0, 0.05) is 11.8 Å². The van der Waals surface area contributed by atoms with Crippen LogP contribution in [-0.4, -0.2) is 23.5 Å². The second-order valence-electron chi connectivity index (χ2n) is 0.957. The molecule has 9 heteroatoms. The first-order valence-electron chi connectivity index (χ1n) is 1.67. The molecule has 0 aromatic rings. The van der Waals surface area contributed by atoms with Gasteiger partial charge in [0.25, 0.3) is 0 Å². The van der Waals surface area contributed by atoms with Crippen LogP contribution < -0.4 is 11.5 Å². The minimum absolute atomic E-state index is 0.105. The van der Waals surface area contributed by atoms with E-state index in [0.717, 1.165) is 0 Å². The van der Waals surface area contributed by atoms with Crippen LogP contribution >= 0.6 is 11.8 Å². The molecule has 0 aromatic carbocycles. The van der Waals surface area contributed by atoms with E-state index in [2.05, 4.69) is 27.8 Å². The third-order valence-electron chi connectivity index (χ3n) is 0.0976. The fourth-order valence-corrected chi connectivity index (χ4v) is 0. The Hall–Kier alpha value is -0.570. The van der Waals surface area contributed by atoms with Crippen molar-refractivity contribution >= 4 is 28.1 Å². The minimum atomic E-state index is -4.67. The first kappa shape index (κ1) is 12.1. The van der Waals surface area contributed by atoms with Crippen molar-refractivity contribution in [2.45, 2.75) is 0 Å². The van der Waals surface area contributed by atoms with Crippen LogP contribution in [0.2, 0.25) is 0 Å². The highest BCUT2D eigenvalue weighted by molar-refractivity contribution is 7.79. The largest absolute Gasteiger partial charge is 0.394 e. The third-order valence-corrected chi connectivity index (χ3v) is 0.293. The van der Waals surface area contributed by atoms with Gasteiger partial charge in [0.15, 0.2) is 0 Å². The number of hydrogen-bond donors (Lipinski definition) is 4. The highest BCUT2D eigenvalue weighted by Gasteiger charge is 1.84. The summed E-state index contributed by atoms with van der Waals surface area (Å²) in [5, 5.41) is 0. The Bertz CT molecular complexity index is 185. The van der Waals surface area contributed by atoms with Crippen molar-refractivity contribution in [3.05, 3.63) is 0 Å². The van der Waals surface area contributed by atoms with Crippen LogP contribution in [0.1, 0.15) is 0 Å². The van der Waals surface area contributed by atoms with Gasteiger partial charge < -0.3 is 11.5 Å². The summed E-state index contributed by atoms with van der Waals surface area (Å²) >= 11 is 4.67. The highest BCUT2D eigenvalue weighted by Crippen LogP contribution is 1.65. The molecule has 0 rings (SSSR count). The van der Waals surface area contributed by atoms with Crippen molar-refractivity contribution in [1.29, 1.82) is 0 Å². The summed E-state index contributed by atoms with van der Waals surface area (Å²) in [5.74, 6) is -0.105. The fraction of sp³-hybridized carbons (Fsp3) is 0. The molecule has 0 aliphatic heterocycles. The van der Waals surface area contributed by atoms with Crippen LogP contribution in [-0.2, 0) is 10.4 Å². The van der Waals surface area contributed by atoms with Crippen LogP contribution in [0, 0.1) is 0 Å². The quantitative estimate of drug-likeness (QED) is 0.215. The van der Waals surface area contributed by atoms with Gasteiger partial charge >= 0.3 is 10.4 Å². The van der Waals surface area contributed by atoms with E-state index in [9.17, 15) is 0 Å². The van der Waals surface area contributed by atoms with Crippen LogP contribution in [0.3, 0.4) is 0 Å². The average Bonchev–Trinajstić information content (AvgIpc) is 1.61. The van der Waals surface area contributed by atoms with E-state index >= 15 is 0 Å². The number of hydrogen-bond acceptors (Lipinski definition) is 3. The van der Waals surface area contributed by atoms with Gasteiger partial charge in [0.2, 0.25) is 5.96 Å². The Kier molecular flexibility index (Phi) is 6.35. The lowest BCUT2D eigenvalue weighted by Crippen LogP contribution is -2.21. The van der Waals surface area contributed by atoms with Gasteiger partial charge in [0.1, 0.15) is 0 Å². The molecule has 0 heterocycles. The molecule has 0 unspecified atom stereocenters. The fourth-order valence-electron chi connectivity index (χ4n) is 0. The number of halogens is 1. The maximum Gasteiger partial charge on any atom is 0.394 e. The minimum Gasteiger partial charge on any atom is -0.369 e. The van der Waals surface area contributed by atoms with Crippen molar-refractivity contribution in [2.75, 3.05) is 0 Å². The summed E-state index contributed by atoms with van der Waals surface area (Å²) < 4.78 is 34.4. The lowest BCUT2D eigenvalue weighted by Gasteiger charge is -1.74. The molecule has 0 fully saturated rings. The average molecular weight is 192 g/mol. The molecular formula is CH6ClN3O4S. The van der Waals surface area contributed by atoms with Crippen LogP contribution in [0.25, 0.3) is 0 Å². The van der Waals surface area contributed by atoms with Gasteiger partial charge in [-0.1, -0.05) is 0 Å². The number of nitrogens with zero attached hydrogens (tertiary/aromatic N) is 1. The lowest BCUT2D eigenvalue weighted by atomic mass is 11.1.